The predicted octanol–water partition coefficient (Wildman–Crippen LogP) is 1.66. The van der Waals surface area contributed by atoms with Gasteiger partial charge < -0.3 is 20.6 Å². The summed E-state index contributed by atoms with van der Waals surface area (Å²) in [5.41, 5.74) is 0.169. The van der Waals surface area contributed by atoms with Gasteiger partial charge in [-0.2, -0.15) is 0 Å². The summed E-state index contributed by atoms with van der Waals surface area (Å²) in [5.74, 6) is -0.477. The lowest BCUT2D eigenvalue weighted by atomic mass is 9.98. The molecule has 3 rings (SSSR count). The van der Waals surface area contributed by atoms with E-state index in [4.69, 9.17) is 16.7 Å². The van der Waals surface area contributed by atoms with Crippen LogP contribution in [0.5, 0.6) is 0 Å². The smallest absolute Gasteiger partial charge is 0.332 e. The van der Waals surface area contributed by atoms with Gasteiger partial charge in [-0.3, -0.25) is 13.9 Å². The monoisotopic (exact) mass is 437 g/mol. The van der Waals surface area contributed by atoms with E-state index >= 15 is 0 Å². The standard InChI is InChI=1S/C21H28ClN3O5/c22-18-8-7-15(25-10-9-24(21(25)30)12-16(27)13-26)11-17(18)20(29)23-19(28)14-5-3-1-2-4-6-14/h7-11,14,16,19,26-28H,1-6,12-13H2,(H,23,29). The van der Waals surface area contributed by atoms with Crippen LogP contribution in [-0.2, 0) is 6.54 Å². The van der Waals surface area contributed by atoms with Gasteiger partial charge in [0.25, 0.3) is 5.91 Å². The molecule has 2 aromatic rings. The Morgan fingerprint density at radius 1 is 1.17 bits per heavy atom. The molecule has 8 nitrogen and oxygen atoms in total. The number of aromatic nitrogens is 2. The number of nitrogens with one attached hydrogen (secondary N) is 1. The topological polar surface area (TPSA) is 117 Å². The molecule has 1 heterocycles. The Labute approximate surface area is 179 Å². The first kappa shape index (κ1) is 22.6. The van der Waals surface area contributed by atoms with E-state index < -0.39 is 30.5 Å². The van der Waals surface area contributed by atoms with Gasteiger partial charge in [-0.05, 0) is 31.0 Å². The van der Waals surface area contributed by atoms with Gasteiger partial charge in [-0.15, -0.1) is 0 Å². The van der Waals surface area contributed by atoms with Crippen LogP contribution >= 0.6 is 11.6 Å². The van der Waals surface area contributed by atoms with E-state index in [9.17, 15) is 19.8 Å². The lowest BCUT2D eigenvalue weighted by Crippen LogP contribution is -2.40. The highest BCUT2D eigenvalue weighted by Gasteiger charge is 2.24. The highest BCUT2D eigenvalue weighted by atomic mass is 35.5. The van der Waals surface area contributed by atoms with Crippen LogP contribution in [0, 0.1) is 5.92 Å². The van der Waals surface area contributed by atoms with Crippen molar-refractivity contribution in [1.29, 1.82) is 0 Å². The molecule has 30 heavy (non-hydrogen) atoms. The van der Waals surface area contributed by atoms with E-state index in [1.807, 2.05) is 0 Å². The first-order valence-electron chi connectivity index (χ1n) is 10.3. The van der Waals surface area contributed by atoms with Gasteiger partial charge in [-0.1, -0.05) is 37.3 Å². The summed E-state index contributed by atoms with van der Waals surface area (Å²) in [4.78, 5) is 25.3. The Morgan fingerprint density at radius 2 is 1.87 bits per heavy atom. The maximum Gasteiger partial charge on any atom is 0.332 e. The largest absolute Gasteiger partial charge is 0.394 e. The van der Waals surface area contributed by atoms with Crippen LogP contribution in [0.4, 0.5) is 0 Å². The lowest BCUT2D eigenvalue weighted by molar-refractivity contribution is 0.0532. The van der Waals surface area contributed by atoms with Crippen molar-refractivity contribution in [2.45, 2.75) is 57.4 Å². The SMILES string of the molecule is O=C(NC(O)C1CCCCCC1)c1cc(-n2ccn(CC(O)CO)c2=O)ccc1Cl. The highest BCUT2D eigenvalue weighted by Crippen LogP contribution is 2.25. The zero-order valence-electron chi connectivity index (χ0n) is 16.7. The number of carbonyl (C=O) groups excluding carboxylic acids is 1. The summed E-state index contributed by atoms with van der Waals surface area (Å²) in [6.07, 6.45) is 7.13. The van der Waals surface area contributed by atoms with Crippen molar-refractivity contribution in [2.24, 2.45) is 5.92 Å². The number of imidazole rings is 1. The van der Waals surface area contributed by atoms with Crippen molar-refractivity contribution < 1.29 is 20.1 Å². The molecule has 0 saturated heterocycles. The van der Waals surface area contributed by atoms with Crippen LogP contribution < -0.4 is 11.0 Å². The van der Waals surface area contributed by atoms with Crippen LogP contribution in [-0.4, -0.2) is 49.3 Å². The summed E-state index contributed by atoms with van der Waals surface area (Å²) < 4.78 is 2.59. The molecular weight excluding hydrogens is 410 g/mol. The molecule has 1 amide bonds. The molecule has 2 unspecified atom stereocenters. The number of nitrogens with zero attached hydrogens (tertiary/aromatic N) is 2. The number of halogens is 1. The molecule has 0 aliphatic heterocycles. The first-order valence-corrected chi connectivity index (χ1v) is 10.6. The van der Waals surface area contributed by atoms with E-state index in [1.165, 1.54) is 33.7 Å². The molecule has 0 bridgehead atoms. The fourth-order valence-electron chi connectivity index (χ4n) is 3.83. The second-order valence-electron chi connectivity index (χ2n) is 7.77. The van der Waals surface area contributed by atoms with Crippen LogP contribution in [0.1, 0.15) is 48.9 Å². The lowest BCUT2D eigenvalue weighted by Gasteiger charge is -2.22. The summed E-state index contributed by atoms with van der Waals surface area (Å²) in [6, 6.07) is 4.62. The Hall–Kier alpha value is -2.13. The average molecular weight is 438 g/mol. The van der Waals surface area contributed by atoms with Crippen molar-refractivity contribution in [3.8, 4) is 5.69 Å². The van der Waals surface area contributed by atoms with Crippen molar-refractivity contribution in [3.63, 3.8) is 0 Å². The molecule has 2 atom stereocenters. The van der Waals surface area contributed by atoms with Crippen LogP contribution in [0.3, 0.4) is 0 Å². The number of hydrogen-bond acceptors (Lipinski definition) is 5. The van der Waals surface area contributed by atoms with Gasteiger partial charge in [0, 0.05) is 18.3 Å². The minimum atomic E-state index is -1.05. The minimum absolute atomic E-state index is 0.0213. The maximum absolute atomic E-state index is 12.8. The molecule has 1 fully saturated rings. The molecule has 1 aliphatic carbocycles. The number of rotatable bonds is 7. The molecule has 1 aromatic carbocycles. The Morgan fingerprint density at radius 3 is 2.53 bits per heavy atom. The van der Waals surface area contributed by atoms with E-state index in [0.717, 1.165) is 38.5 Å². The minimum Gasteiger partial charge on any atom is -0.394 e. The van der Waals surface area contributed by atoms with E-state index in [0.29, 0.717) is 5.69 Å². The third-order valence-corrected chi connectivity index (χ3v) is 5.89. The van der Waals surface area contributed by atoms with Gasteiger partial charge >= 0.3 is 5.69 Å². The fourth-order valence-corrected chi connectivity index (χ4v) is 4.03. The molecule has 1 aliphatic rings. The van der Waals surface area contributed by atoms with Crippen molar-refractivity contribution in [1.82, 2.24) is 14.5 Å². The molecule has 4 N–H and O–H groups in total. The van der Waals surface area contributed by atoms with Crippen molar-refractivity contribution >= 4 is 17.5 Å². The summed E-state index contributed by atoms with van der Waals surface area (Å²) in [6.45, 7) is -0.497. The fraction of sp³-hybridized carbons (Fsp3) is 0.524. The Bertz CT molecular complexity index is 918. The second-order valence-corrected chi connectivity index (χ2v) is 8.18. The van der Waals surface area contributed by atoms with E-state index in [-0.39, 0.29) is 23.0 Å². The average Bonchev–Trinajstić information content (AvgIpc) is 2.94. The normalized spacial score (nSPS) is 17.3. The summed E-state index contributed by atoms with van der Waals surface area (Å²) in [5, 5.41) is 31.9. The van der Waals surface area contributed by atoms with Gasteiger partial charge in [0.05, 0.1) is 35.5 Å². The third-order valence-electron chi connectivity index (χ3n) is 5.56. The number of aliphatic hydroxyl groups is 3. The number of hydrogen-bond donors (Lipinski definition) is 4. The number of carbonyl (C=O) groups is 1. The second kappa shape index (κ2) is 10.3. The molecule has 9 heteroatoms. The molecule has 1 saturated carbocycles. The zero-order valence-corrected chi connectivity index (χ0v) is 17.5. The molecule has 0 spiro atoms. The van der Waals surface area contributed by atoms with Gasteiger partial charge in [0.15, 0.2) is 0 Å². The van der Waals surface area contributed by atoms with E-state index in [2.05, 4.69) is 5.32 Å². The first-order chi connectivity index (χ1) is 14.4. The predicted molar refractivity (Wildman–Crippen MR) is 113 cm³/mol. The number of benzene rings is 1. The molecule has 164 valence electrons. The van der Waals surface area contributed by atoms with Crippen molar-refractivity contribution in [3.05, 3.63) is 51.7 Å². The molecule has 0 radical (unpaired) electrons. The number of amides is 1. The van der Waals surface area contributed by atoms with Crippen LogP contribution in [0.25, 0.3) is 5.69 Å². The summed E-state index contributed by atoms with van der Waals surface area (Å²) >= 11 is 6.21. The molecular formula is C21H28ClN3O5. The van der Waals surface area contributed by atoms with Crippen LogP contribution in [0.15, 0.2) is 35.4 Å². The molecule has 1 aromatic heterocycles. The van der Waals surface area contributed by atoms with Crippen molar-refractivity contribution in [2.75, 3.05) is 6.61 Å². The Balaban J connectivity index is 1.78. The van der Waals surface area contributed by atoms with Gasteiger partial charge in [0.1, 0.15) is 6.23 Å². The third kappa shape index (κ3) is 5.31. The van der Waals surface area contributed by atoms with Gasteiger partial charge in [-0.25, -0.2) is 4.79 Å². The van der Waals surface area contributed by atoms with Crippen LogP contribution in [0.2, 0.25) is 5.02 Å². The number of aliphatic hydroxyl groups excluding tert-OH is 3. The summed E-state index contributed by atoms with van der Waals surface area (Å²) in [7, 11) is 0. The quantitative estimate of drug-likeness (QED) is 0.388. The maximum atomic E-state index is 12.8. The zero-order chi connectivity index (χ0) is 21.7. The Kier molecular flexibility index (Phi) is 7.71. The van der Waals surface area contributed by atoms with E-state index in [1.54, 1.807) is 6.07 Å². The van der Waals surface area contributed by atoms with Gasteiger partial charge in [0.2, 0.25) is 0 Å². The highest BCUT2D eigenvalue weighted by molar-refractivity contribution is 6.33.